The van der Waals surface area contributed by atoms with Crippen molar-refractivity contribution in [1.82, 2.24) is 19.6 Å². The number of carbonyl (C=O) groups is 1. The highest BCUT2D eigenvalue weighted by atomic mass is 16.2. The Bertz CT molecular complexity index is 712. The van der Waals surface area contributed by atoms with Crippen LogP contribution in [0.1, 0.15) is 37.2 Å². The third-order valence-electron chi connectivity index (χ3n) is 5.52. The van der Waals surface area contributed by atoms with Crippen molar-refractivity contribution in [2.45, 2.75) is 38.3 Å². The molecule has 5 nitrogen and oxygen atoms in total. The number of amides is 1. The zero-order chi connectivity index (χ0) is 15.3. The molecule has 0 aliphatic carbocycles. The van der Waals surface area contributed by atoms with E-state index in [0.717, 1.165) is 18.6 Å². The molecule has 2 aromatic heterocycles. The van der Waals surface area contributed by atoms with Crippen LogP contribution in [0.25, 0.3) is 5.52 Å². The molecular formula is C17H22N4O. The van der Waals surface area contributed by atoms with Gasteiger partial charge in [0.15, 0.2) is 0 Å². The fourth-order valence-electron chi connectivity index (χ4n) is 4.14. The lowest BCUT2D eigenvalue weighted by atomic mass is 9.72. The Balaban J connectivity index is 1.58. The van der Waals surface area contributed by atoms with Gasteiger partial charge in [0.2, 0.25) is 0 Å². The summed E-state index contributed by atoms with van der Waals surface area (Å²) >= 11 is 0. The van der Waals surface area contributed by atoms with E-state index < -0.39 is 0 Å². The van der Waals surface area contributed by atoms with Crippen molar-refractivity contribution in [3.05, 3.63) is 36.4 Å². The normalized spacial score (nSPS) is 29.6. The maximum atomic E-state index is 12.6. The lowest BCUT2D eigenvalue weighted by molar-refractivity contribution is -0.0378. The van der Waals surface area contributed by atoms with Gasteiger partial charge >= 0.3 is 0 Å². The van der Waals surface area contributed by atoms with Gasteiger partial charge in [-0.2, -0.15) is 0 Å². The second kappa shape index (κ2) is 4.81. The van der Waals surface area contributed by atoms with Crippen LogP contribution in [-0.2, 0) is 0 Å². The van der Waals surface area contributed by atoms with Crippen LogP contribution in [0.5, 0.6) is 0 Å². The van der Waals surface area contributed by atoms with E-state index in [0.29, 0.717) is 11.6 Å². The van der Waals surface area contributed by atoms with Gasteiger partial charge in [0, 0.05) is 24.0 Å². The average Bonchev–Trinajstić information content (AvgIpc) is 2.98. The summed E-state index contributed by atoms with van der Waals surface area (Å²) in [5, 5.41) is 3.26. The lowest BCUT2D eigenvalue weighted by Crippen LogP contribution is -2.69. The summed E-state index contributed by atoms with van der Waals surface area (Å²) in [5.74, 6) is 0.515. The van der Waals surface area contributed by atoms with Crippen molar-refractivity contribution in [1.29, 1.82) is 0 Å². The van der Waals surface area contributed by atoms with E-state index >= 15 is 0 Å². The number of hydrogen-bond donors (Lipinski definition) is 1. The van der Waals surface area contributed by atoms with E-state index in [1.54, 1.807) is 12.4 Å². The Morgan fingerprint density at radius 2 is 2.14 bits per heavy atom. The van der Waals surface area contributed by atoms with Crippen molar-refractivity contribution >= 4 is 11.4 Å². The highest BCUT2D eigenvalue weighted by Crippen LogP contribution is 2.39. The molecule has 1 amide bonds. The Morgan fingerprint density at radius 1 is 1.36 bits per heavy atom. The predicted octanol–water partition coefficient (Wildman–Crippen LogP) is 1.94. The number of carbonyl (C=O) groups excluding carboxylic acids is 1. The minimum absolute atomic E-state index is 0.0222. The molecule has 3 saturated heterocycles. The Morgan fingerprint density at radius 3 is 2.86 bits per heavy atom. The van der Waals surface area contributed by atoms with Gasteiger partial charge in [-0.25, -0.2) is 4.98 Å². The smallest absolute Gasteiger partial charge is 0.271 e. The van der Waals surface area contributed by atoms with Gasteiger partial charge < -0.3 is 9.72 Å². The van der Waals surface area contributed by atoms with Gasteiger partial charge in [-0.05, 0) is 57.8 Å². The Kier molecular flexibility index (Phi) is 3.01. The summed E-state index contributed by atoms with van der Waals surface area (Å²) in [6, 6.07) is 4.13. The van der Waals surface area contributed by atoms with Crippen LogP contribution >= 0.6 is 0 Å². The second-order valence-electron chi connectivity index (χ2n) is 7.04. The maximum absolute atomic E-state index is 12.6. The largest absolute Gasteiger partial charge is 0.346 e. The van der Waals surface area contributed by atoms with Crippen molar-refractivity contribution in [2.24, 2.45) is 5.92 Å². The Labute approximate surface area is 130 Å². The molecule has 3 aliphatic heterocycles. The molecule has 0 saturated carbocycles. The van der Waals surface area contributed by atoms with E-state index in [2.05, 4.69) is 29.0 Å². The molecule has 5 heterocycles. The van der Waals surface area contributed by atoms with E-state index in [1.807, 2.05) is 22.7 Å². The van der Waals surface area contributed by atoms with Gasteiger partial charge in [0.05, 0.1) is 11.7 Å². The van der Waals surface area contributed by atoms with E-state index in [4.69, 9.17) is 0 Å². The molecule has 0 unspecified atom stereocenters. The molecule has 22 heavy (non-hydrogen) atoms. The molecule has 5 heteroatoms. The molecule has 0 spiro atoms. The standard InChI is InChI=1S/C17H22N4O/c1-17(2)15(12-5-8-21(17)9-6-12)19-16(22)14-11-20-7-3-4-13(20)10-18-14/h3-4,7,10-12,15H,5-6,8-9H2,1-2H3,(H,19,22)/t15-/m1/s1. The monoisotopic (exact) mass is 298 g/mol. The van der Waals surface area contributed by atoms with Gasteiger partial charge in [-0.3, -0.25) is 9.69 Å². The highest BCUT2D eigenvalue weighted by molar-refractivity contribution is 5.92. The van der Waals surface area contributed by atoms with Crippen LogP contribution in [0.4, 0.5) is 0 Å². The minimum Gasteiger partial charge on any atom is -0.346 e. The van der Waals surface area contributed by atoms with Crippen molar-refractivity contribution in [3.63, 3.8) is 0 Å². The first-order chi connectivity index (χ1) is 10.6. The first kappa shape index (κ1) is 13.8. The predicted molar refractivity (Wildman–Crippen MR) is 84.8 cm³/mol. The maximum Gasteiger partial charge on any atom is 0.271 e. The van der Waals surface area contributed by atoms with Crippen molar-refractivity contribution in [2.75, 3.05) is 13.1 Å². The van der Waals surface area contributed by atoms with Crippen LogP contribution in [-0.4, -0.2) is 44.9 Å². The third kappa shape index (κ3) is 2.03. The molecule has 116 valence electrons. The first-order valence-electron chi connectivity index (χ1n) is 8.04. The summed E-state index contributed by atoms with van der Waals surface area (Å²) in [7, 11) is 0. The summed E-state index contributed by atoms with van der Waals surface area (Å²) in [4.78, 5) is 19.4. The van der Waals surface area contributed by atoms with Gasteiger partial charge in [-0.15, -0.1) is 0 Å². The molecule has 1 N–H and O–H groups in total. The topological polar surface area (TPSA) is 49.6 Å². The van der Waals surface area contributed by atoms with Crippen LogP contribution in [0, 0.1) is 5.92 Å². The van der Waals surface area contributed by atoms with Gasteiger partial charge in [0.1, 0.15) is 5.69 Å². The number of nitrogens with one attached hydrogen (secondary N) is 1. The van der Waals surface area contributed by atoms with Gasteiger partial charge in [-0.1, -0.05) is 0 Å². The number of aromatic nitrogens is 2. The first-order valence-corrected chi connectivity index (χ1v) is 8.04. The number of nitrogens with zero attached hydrogens (tertiary/aromatic N) is 3. The molecule has 3 fully saturated rings. The molecular weight excluding hydrogens is 276 g/mol. The SMILES string of the molecule is CC1(C)[C@H](NC(=O)c2cn3cccc3cn2)C2CCN1CC2. The molecule has 5 rings (SSSR count). The molecule has 2 aromatic rings. The van der Waals surface area contributed by atoms with E-state index in [1.165, 1.54) is 12.8 Å². The minimum atomic E-state index is -0.0672. The molecule has 0 radical (unpaired) electrons. The number of fused-ring (bicyclic) bond motifs is 4. The fraction of sp³-hybridized carbons (Fsp3) is 0.529. The summed E-state index contributed by atoms with van der Waals surface area (Å²) < 4.78 is 1.93. The zero-order valence-corrected chi connectivity index (χ0v) is 13.1. The fourth-order valence-corrected chi connectivity index (χ4v) is 4.14. The van der Waals surface area contributed by atoms with E-state index in [9.17, 15) is 4.79 Å². The van der Waals surface area contributed by atoms with Crippen LogP contribution < -0.4 is 5.32 Å². The van der Waals surface area contributed by atoms with Crippen LogP contribution in [0.15, 0.2) is 30.7 Å². The van der Waals surface area contributed by atoms with Crippen molar-refractivity contribution < 1.29 is 4.79 Å². The number of rotatable bonds is 2. The molecule has 0 aromatic carbocycles. The average molecular weight is 298 g/mol. The Hall–Kier alpha value is -1.88. The molecule has 1 atom stereocenters. The number of piperidine rings is 3. The summed E-state index contributed by atoms with van der Waals surface area (Å²) in [5.41, 5.74) is 1.50. The molecule has 3 aliphatic rings. The lowest BCUT2D eigenvalue weighted by Gasteiger charge is -2.56. The van der Waals surface area contributed by atoms with Crippen LogP contribution in [0.3, 0.4) is 0 Å². The van der Waals surface area contributed by atoms with E-state index in [-0.39, 0.29) is 17.5 Å². The summed E-state index contributed by atoms with van der Waals surface area (Å²) in [6.45, 7) is 6.78. The second-order valence-corrected chi connectivity index (χ2v) is 7.04. The van der Waals surface area contributed by atoms with Crippen molar-refractivity contribution in [3.8, 4) is 0 Å². The zero-order valence-electron chi connectivity index (χ0n) is 13.1. The quantitative estimate of drug-likeness (QED) is 0.922. The third-order valence-corrected chi connectivity index (χ3v) is 5.52. The van der Waals surface area contributed by atoms with Gasteiger partial charge in [0.25, 0.3) is 5.91 Å². The molecule has 2 bridgehead atoms. The number of hydrogen-bond acceptors (Lipinski definition) is 3. The van der Waals surface area contributed by atoms with Crippen LogP contribution in [0.2, 0.25) is 0 Å². The summed E-state index contributed by atoms with van der Waals surface area (Å²) in [6.07, 6.45) is 7.85. The highest BCUT2D eigenvalue weighted by Gasteiger charge is 2.48.